The molecule has 0 radical (unpaired) electrons. The minimum atomic E-state index is -0.260. The molecule has 3 atom stereocenters. The highest BCUT2D eigenvalue weighted by atomic mass is 16.5. The van der Waals surface area contributed by atoms with Crippen LogP contribution in [-0.2, 0) is 4.74 Å². The Balaban J connectivity index is 1.50. The van der Waals surface area contributed by atoms with E-state index in [9.17, 15) is 4.79 Å². The van der Waals surface area contributed by atoms with Crippen LogP contribution in [0.15, 0.2) is 18.6 Å². The molecule has 0 spiro atoms. The van der Waals surface area contributed by atoms with Crippen molar-refractivity contribution in [3.63, 3.8) is 0 Å². The fraction of sp³-hybridized carbons (Fsp3) is 0.600. The van der Waals surface area contributed by atoms with E-state index in [2.05, 4.69) is 24.2 Å². The van der Waals surface area contributed by atoms with Gasteiger partial charge in [-0.1, -0.05) is 0 Å². The van der Waals surface area contributed by atoms with Crippen molar-refractivity contribution in [3.8, 4) is 0 Å². The number of nitrogens with one attached hydrogen (secondary N) is 1. The van der Waals surface area contributed by atoms with E-state index in [1.165, 1.54) is 12.8 Å². The second-order valence-corrected chi connectivity index (χ2v) is 6.82. The Morgan fingerprint density at radius 1 is 1.38 bits per heavy atom. The molecule has 2 aliphatic heterocycles. The molecule has 2 fully saturated rings. The number of carbonyl (C=O) groups excluding carboxylic acids is 1. The van der Waals surface area contributed by atoms with E-state index in [0.717, 1.165) is 17.3 Å². The molecule has 2 aliphatic rings. The van der Waals surface area contributed by atoms with E-state index in [-0.39, 0.29) is 12.1 Å². The fourth-order valence-electron chi connectivity index (χ4n) is 4.10. The van der Waals surface area contributed by atoms with E-state index in [4.69, 9.17) is 4.74 Å². The van der Waals surface area contributed by atoms with Crippen LogP contribution in [0.1, 0.15) is 36.0 Å². The van der Waals surface area contributed by atoms with Gasteiger partial charge < -0.3 is 9.22 Å². The van der Waals surface area contributed by atoms with Crippen LogP contribution >= 0.6 is 0 Å². The van der Waals surface area contributed by atoms with Crippen LogP contribution in [-0.4, -0.2) is 57.3 Å². The number of rotatable bonds is 2. The summed E-state index contributed by atoms with van der Waals surface area (Å²) in [6.45, 7) is 0. The van der Waals surface area contributed by atoms with E-state index >= 15 is 0 Å². The van der Waals surface area contributed by atoms with E-state index < -0.39 is 0 Å². The number of hydrogen-bond acceptors (Lipinski definition) is 3. The number of aromatic nitrogens is 3. The van der Waals surface area contributed by atoms with Crippen LogP contribution in [0.25, 0.3) is 5.65 Å². The number of aromatic amines is 1. The predicted octanol–water partition coefficient (Wildman–Crippen LogP) is 1.59. The molecular formula is C15H21N4O2+. The van der Waals surface area contributed by atoms with Gasteiger partial charge in [-0.05, 0) is 0 Å². The Bertz CT molecular complexity index is 671. The lowest BCUT2D eigenvalue weighted by atomic mass is 9.98. The summed E-state index contributed by atoms with van der Waals surface area (Å²) in [7, 11) is 4.61. The molecule has 2 aromatic heterocycles. The molecule has 112 valence electrons. The first-order chi connectivity index (χ1) is 10.1. The zero-order valence-electron chi connectivity index (χ0n) is 12.5. The normalized spacial score (nSPS) is 30.7. The highest BCUT2D eigenvalue weighted by Gasteiger charge is 2.50. The lowest BCUT2D eigenvalue weighted by Gasteiger charge is -2.43. The Hall–Kier alpha value is -1.82. The van der Waals surface area contributed by atoms with Crippen molar-refractivity contribution in [2.24, 2.45) is 0 Å². The third kappa shape index (κ3) is 1.89. The molecule has 0 aromatic carbocycles. The lowest BCUT2D eigenvalue weighted by molar-refractivity contribution is -0.931. The summed E-state index contributed by atoms with van der Waals surface area (Å²) in [5, 5.41) is 2.98. The highest BCUT2D eigenvalue weighted by molar-refractivity contribution is 5.95. The molecule has 4 heterocycles. The molecule has 4 rings (SSSR count). The minimum absolute atomic E-state index is 0.0473. The number of esters is 1. The third-order valence-electron chi connectivity index (χ3n) is 5.51. The largest absolute Gasteiger partial charge is 0.458 e. The van der Waals surface area contributed by atoms with Crippen molar-refractivity contribution in [2.45, 2.75) is 43.9 Å². The molecule has 2 saturated heterocycles. The van der Waals surface area contributed by atoms with Gasteiger partial charge in [0, 0.05) is 44.3 Å². The summed E-state index contributed by atoms with van der Waals surface area (Å²) >= 11 is 0. The van der Waals surface area contributed by atoms with Gasteiger partial charge in [0.25, 0.3) is 0 Å². The van der Waals surface area contributed by atoms with Gasteiger partial charge >= 0.3 is 5.97 Å². The van der Waals surface area contributed by atoms with Crippen molar-refractivity contribution in [1.29, 1.82) is 0 Å². The lowest BCUT2D eigenvalue weighted by Crippen LogP contribution is -2.56. The number of nitrogens with zero attached hydrogens (tertiary/aromatic N) is 3. The van der Waals surface area contributed by atoms with Gasteiger partial charge in [-0.2, -0.15) is 0 Å². The second-order valence-electron chi connectivity index (χ2n) is 6.82. The second kappa shape index (κ2) is 4.34. The predicted molar refractivity (Wildman–Crippen MR) is 76.9 cm³/mol. The van der Waals surface area contributed by atoms with E-state index in [1.54, 1.807) is 23.1 Å². The van der Waals surface area contributed by atoms with Crippen LogP contribution in [0.2, 0.25) is 0 Å². The zero-order chi connectivity index (χ0) is 14.6. The van der Waals surface area contributed by atoms with Crippen molar-refractivity contribution in [1.82, 2.24) is 14.6 Å². The summed E-state index contributed by atoms with van der Waals surface area (Å²) in [6.07, 6.45) is 9.62. The van der Waals surface area contributed by atoms with Crippen LogP contribution in [0.3, 0.4) is 0 Å². The summed E-state index contributed by atoms with van der Waals surface area (Å²) in [5.41, 5.74) is 1.15. The Labute approximate surface area is 123 Å². The average Bonchev–Trinajstić information content (AvgIpc) is 3.03. The standard InChI is InChI=1S/C15H20N4O2/c1-19(2)10-3-4-11(19)8-12(7-10)21-15(20)13-9-17-18-6-5-16-14(13)18/h5-6,9-12H,3-4,7-8H2,1-2H3/p+1/t10-,11+,12?. The summed E-state index contributed by atoms with van der Waals surface area (Å²) in [6, 6.07) is 1.25. The molecule has 1 N–H and O–H groups in total. The monoisotopic (exact) mass is 289 g/mol. The summed E-state index contributed by atoms with van der Waals surface area (Å²) in [4.78, 5) is 16.6. The van der Waals surface area contributed by atoms with Crippen molar-refractivity contribution < 1.29 is 14.0 Å². The fourth-order valence-corrected chi connectivity index (χ4v) is 4.10. The molecule has 2 aromatic rings. The minimum Gasteiger partial charge on any atom is -0.458 e. The first kappa shape index (κ1) is 12.9. The number of piperidine rings is 1. The maximum Gasteiger partial charge on any atom is 0.343 e. The number of hydrogen-bond donors (Lipinski definition) is 1. The Kier molecular flexibility index (Phi) is 2.66. The highest BCUT2D eigenvalue weighted by Crippen LogP contribution is 2.40. The molecule has 1 unspecified atom stereocenters. The molecule has 6 nitrogen and oxygen atoms in total. The molecular weight excluding hydrogens is 268 g/mol. The van der Waals surface area contributed by atoms with Gasteiger partial charge in [-0.15, -0.1) is 0 Å². The number of ether oxygens (including phenoxy) is 1. The molecule has 2 bridgehead atoms. The van der Waals surface area contributed by atoms with Gasteiger partial charge in [0.15, 0.2) is 5.65 Å². The number of quaternary nitrogens is 1. The van der Waals surface area contributed by atoms with Gasteiger partial charge in [-0.3, -0.25) is 5.10 Å². The SMILES string of the molecule is C[N+]1(C)[C@@H]2CC[C@H]1CC(OC(=O)c1c[nH]n3ccnc13)C2. The topological polar surface area (TPSA) is 59.4 Å². The third-order valence-corrected chi connectivity index (χ3v) is 5.51. The Morgan fingerprint density at radius 3 is 2.81 bits per heavy atom. The first-order valence-corrected chi connectivity index (χ1v) is 7.60. The van der Waals surface area contributed by atoms with Crippen LogP contribution in [0.4, 0.5) is 0 Å². The van der Waals surface area contributed by atoms with Crippen molar-refractivity contribution >= 4 is 11.6 Å². The molecule has 0 amide bonds. The van der Waals surface area contributed by atoms with Crippen LogP contribution in [0, 0.1) is 0 Å². The number of H-pyrrole nitrogens is 1. The van der Waals surface area contributed by atoms with E-state index in [0.29, 0.717) is 23.3 Å². The van der Waals surface area contributed by atoms with Crippen molar-refractivity contribution in [2.75, 3.05) is 14.1 Å². The van der Waals surface area contributed by atoms with E-state index in [1.807, 2.05) is 0 Å². The first-order valence-electron chi connectivity index (χ1n) is 7.60. The summed E-state index contributed by atoms with van der Waals surface area (Å²) in [5.74, 6) is -0.260. The quantitative estimate of drug-likeness (QED) is 0.674. The van der Waals surface area contributed by atoms with Crippen LogP contribution < -0.4 is 0 Å². The van der Waals surface area contributed by atoms with Crippen LogP contribution in [0.5, 0.6) is 0 Å². The van der Waals surface area contributed by atoms with Gasteiger partial charge in [0.2, 0.25) is 0 Å². The Morgan fingerprint density at radius 2 is 2.10 bits per heavy atom. The average molecular weight is 289 g/mol. The molecule has 0 saturated carbocycles. The molecule has 21 heavy (non-hydrogen) atoms. The summed E-state index contributed by atoms with van der Waals surface area (Å²) < 4.78 is 8.57. The van der Waals surface area contributed by atoms with Gasteiger partial charge in [0.05, 0.1) is 26.2 Å². The number of carbonyl (C=O) groups is 1. The maximum atomic E-state index is 12.4. The van der Waals surface area contributed by atoms with Gasteiger partial charge in [0.1, 0.15) is 11.7 Å². The maximum absolute atomic E-state index is 12.4. The number of fused-ring (bicyclic) bond motifs is 3. The zero-order valence-corrected chi connectivity index (χ0v) is 12.5. The molecule has 0 aliphatic carbocycles. The molecule has 6 heteroatoms. The van der Waals surface area contributed by atoms with Crippen molar-refractivity contribution in [3.05, 3.63) is 24.2 Å². The smallest absolute Gasteiger partial charge is 0.343 e. The number of imidazole rings is 1. The van der Waals surface area contributed by atoms with Gasteiger partial charge in [-0.25, -0.2) is 14.3 Å².